The summed E-state index contributed by atoms with van der Waals surface area (Å²) in [5.41, 5.74) is 5.34. The van der Waals surface area contributed by atoms with E-state index in [4.69, 9.17) is 5.73 Å². The van der Waals surface area contributed by atoms with Gasteiger partial charge in [-0.2, -0.15) is 0 Å². The van der Waals surface area contributed by atoms with Crippen LogP contribution in [0.4, 0.5) is 4.79 Å². The second-order valence-electron chi connectivity index (χ2n) is 3.70. The zero-order valence-corrected chi connectivity index (χ0v) is 8.69. The predicted octanol–water partition coefficient (Wildman–Crippen LogP) is 0.00780. The molecule has 1 saturated heterocycles. The van der Waals surface area contributed by atoms with Crippen LogP contribution in [0.2, 0.25) is 0 Å². The van der Waals surface area contributed by atoms with Gasteiger partial charge in [-0.15, -0.1) is 0 Å². The first kappa shape index (κ1) is 11.0. The highest BCUT2D eigenvalue weighted by molar-refractivity contribution is 6.02. The molecule has 0 aromatic carbocycles. The summed E-state index contributed by atoms with van der Waals surface area (Å²) in [7, 11) is 0. The number of amides is 3. The van der Waals surface area contributed by atoms with Crippen molar-refractivity contribution in [3.63, 3.8) is 0 Å². The first-order valence-corrected chi connectivity index (χ1v) is 4.89. The fourth-order valence-electron chi connectivity index (χ4n) is 1.53. The molecule has 1 aliphatic rings. The summed E-state index contributed by atoms with van der Waals surface area (Å²) in [4.78, 5) is 25.9. The third-order valence-corrected chi connectivity index (χ3v) is 2.22. The van der Waals surface area contributed by atoms with Crippen LogP contribution in [0, 0.1) is 0 Å². The van der Waals surface area contributed by atoms with Gasteiger partial charge in [-0.3, -0.25) is 9.69 Å². The largest absolute Gasteiger partial charge is 0.330 e. The Morgan fingerprint density at radius 3 is 2.50 bits per heavy atom. The molecule has 5 nitrogen and oxygen atoms in total. The van der Waals surface area contributed by atoms with E-state index in [0.29, 0.717) is 13.1 Å². The number of hydrogen-bond donors (Lipinski definition) is 1. The van der Waals surface area contributed by atoms with E-state index in [1.165, 1.54) is 4.90 Å². The molecule has 14 heavy (non-hydrogen) atoms. The van der Waals surface area contributed by atoms with Crippen LogP contribution in [0.15, 0.2) is 0 Å². The molecule has 0 unspecified atom stereocenters. The molecule has 0 radical (unpaired) electrons. The van der Waals surface area contributed by atoms with Crippen LogP contribution in [-0.2, 0) is 4.79 Å². The number of urea groups is 1. The molecule has 0 spiro atoms. The lowest BCUT2D eigenvalue weighted by atomic mass is 10.3. The van der Waals surface area contributed by atoms with Crippen molar-refractivity contribution in [3.05, 3.63) is 0 Å². The normalized spacial score (nSPS) is 17.4. The van der Waals surface area contributed by atoms with E-state index in [9.17, 15) is 9.59 Å². The molecule has 0 aliphatic carbocycles. The molecule has 1 fully saturated rings. The van der Waals surface area contributed by atoms with Gasteiger partial charge in [0, 0.05) is 12.6 Å². The van der Waals surface area contributed by atoms with Gasteiger partial charge in [-0.05, 0) is 26.8 Å². The summed E-state index contributed by atoms with van der Waals surface area (Å²) in [5, 5.41) is 0. The molecule has 1 rings (SSSR count). The van der Waals surface area contributed by atoms with Crippen molar-refractivity contribution in [1.29, 1.82) is 0 Å². The maximum Gasteiger partial charge on any atom is 0.327 e. The van der Waals surface area contributed by atoms with Gasteiger partial charge in [-0.25, -0.2) is 4.79 Å². The van der Waals surface area contributed by atoms with E-state index in [0.717, 1.165) is 6.42 Å². The van der Waals surface area contributed by atoms with Gasteiger partial charge in [0.1, 0.15) is 6.54 Å². The fraction of sp³-hybridized carbons (Fsp3) is 0.778. The smallest absolute Gasteiger partial charge is 0.327 e. The van der Waals surface area contributed by atoms with Gasteiger partial charge in [0.05, 0.1) is 0 Å². The van der Waals surface area contributed by atoms with Crippen LogP contribution in [0.3, 0.4) is 0 Å². The number of nitrogens with two attached hydrogens (primary N) is 1. The van der Waals surface area contributed by atoms with Crippen molar-refractivity contribution < 1.29 is 9.59 Å². The molecule has 3 amide bonds. The molecule has 5 heteroatoms. The average molecular weight is 199 g/mol. The van der Waals surface area contributed by atoms with E-state index in [-0.39, 0.29) is 24.5 Å². The van der Waals surface area contributed by atoms with Crippen LogP contribution in [-0.4, -0.2) is 47.4 Å². The third-order valence-electron chi connectivity index (χ3n) is 2.22. The lowest BCUT2D eigenvalue weighted by molar-refractivity contribution is -0.126. The van der Waals surface area contributed by atoms with Gasteiger partial charge in [0.25, 0.3) is 5.91 Å². The Balaban J connectivity index is 2.60. The number of rotatable bonds is 4. The summed E-state index contributed by atoms with van der Waals surface area (Å²) >= 11 is 0. The molecule has 0 saturated carbocycles. The molecule has 2 N–H and O–H groups in total. The van der Waals surface area contributed by atoms with Gasteiger partial charge in [-0.1, -0.05) is 0 Å². The van der Waals surface area contributed by atoms with Crippen molar-refractivity contribution in [1.82, 2.24) is 9.80 Å². The molecule has 1 heterocycles. The maximum atomic E-state index is 11.7. The van der Waals surface area contributed by atoms with Gasteiger partial charge in [0.15, 0.2) is 0 Å². The molecule has 0 aromatic heterocycles. The van der Waals surface area contributed by atoms with Crippen molar-refractivity contribution in [3.8, 4) is 0 Å². The molecule has 0 atom stereocenters. The predicted molar refractivity (Wildman–Crippen MR) is 52.6 cm³/mol. The van der Waals surface area contributed by atoms with E-state index in [2.05, 4.69) is 0 Å². The van der Waals surface area contributed by atoms with Gasteiger partial charge >= 0.3 is 6.03 Å². The van der Waals surface area contributed by atoms with Crippen molar-refractivity contribution in [2.45, 2.75) is 26.3 Å². The minimum absolute atomic E-state index is 0.0575. The second kappa shape index (κ2) is 4.41. The maximum absolute atomic E-state index is 11.7. The van der Waals surface area contributed by atoms with Crippen LogP contribution < -0.4 is 5.73 Å². The van der Waals surface area contributed by atoms with Gasteiger partial charge < -0.3 is 10.6 Å². The van der Waals surface area contributed by atoms with E-state index in [1.807, 2.05) is 13.8 Å². The third kappa shape index (κ3) is 2.04. The Kier molecular flexibility index (Phi) is 3.46. The highest BCUT2D eigenvalue weighted by Gasteiger charge is 2.36. The number of nitrogens with zero attached hydrogens (tertiary/aromatic N) is 2. The average Bonchev–Trinajstić information content (AvgIpc) is 2.38. The second-order valence-corrected chi connectivity index (χ2v) is 3.70. The summed E-state index contributed by atoms with van der Waals surface area (Å²) < 4.78 is 0. The molecule has 0 bridgehead atoms. The zero-order valence-electron chi connectivity index (χ0n) is 8.69. The molecular weight excluding hydrogens is 182 g/mol. The van der Waals surface area contributed by atoms with Crippen molar-refractivity contribution in [2.75, 3.05) is 19.6 Å². The van der Waals surface area contributed by atoms with Crippen LogP contribution in [0.5, 0.6) is 0 Å². The number of imide groups is 1. The van der Waals surface area contributed by atoms with E-state index >= 15 is 0 Å². The first-order valence-electron chi connectivity index (χ1n) is 4.89. The van der Waals surface area contributed by atoms with Crippen molar-refractivity contribution in [2.24, 2.45) is 5.73 Å². The Hall–Kier alpha value is -1.10. The quantitative estimate of drug-likeness (QED) is 0.648. The van der Waals surface area contributed by atoms with Crippen molar-refractivity contribution >= 4 is 11.9 Å². The minimum Gasteiger partial charge on any atom is -0.330 e. The highest BCUT2D eigenvalue weighted by atomic mass is 16.2. The standard InChI is InChI=1S/C9H17N3O2/c1-7(2)12-8(13)6-11(9(12)14)5-3-4-10/h7H,3-6,10H2,1-2H3. The van der Waals surface area contributed by atoms with Crippen LogP contribution >= 0.6 is 0 Å². The molecule has 80 valence electrons. The number of carbonyl (C=O) groups is 2. The number of carbonyl (C=O) groups excluding carboxylic acids is 2. The molecule has 0 aromatic rings. The Bertz CT molecular complexity index is 240. The van der Waals surface area contributed by atoms with E-state index < -0.39 is 0 Å². The Morgan fingerprint density at radius 2 is 2.07 bits per heavy atom. The zero-order chi connectivity index (χ0) is 10.7. The first-order chi connectivity index (χ1) is 6.57. The lowest BCUT2D eigenvalue weighted by Gasteiger charge is -2.19. The summed E-state index contributed by atoms with van der Waals surface area (Å²) in [6.07, 6.45) is 0.741. The highest BCUT2D eigenvalue weighted by Crippen LogP contribution is 2.13. The van der Waals surface area contributed by atoms with Crippen LogP contribution in [0.25, 0.3) is 0 Å². The monoisotopic (exact) mass is 199 g/mol. The SMILES string of the molecule is CC(C)N1C(=O)CN(CCCN)C1=O. The minimum atomic E-state index is -0.182. The fourth-order valence-corrected chi connectivity index (χ4v) is 1.53. The topological polar surface area (TPSA) is 66.6 Å². The van der Waals surface area contributed by atoms with Crippen LogP contribution in [0.1, 0.15) is 20.3 Å². The lowest BCUT2D eigenvalue weighted by Crippen LogP contribution is -2.38. The Labute approximate surface area is 83.8 Å². The van der Waals surface area contributed by atoms with E-state index in [1.54, 1.807) is 4.90 Å². The summed E-state index contributed by atoms with van der Waals surface area (Å²) in [6, 6.07) is -0.240. The molecule has 1 aliphatic heterocycles. The molecular formula is C9H17N3O2. The number of hydrogen-bond acceptors (Lipinski definition) is 3. The Morgan fingerprint density at radius 1 is 1.43 bits per heavy atom. The summed E-state index contributed by atoms with van der Waals surface area (Å²) in [6.45, 7) is 4.99. The van der Waals surface area contributed by atoms with Gasteiger partial charge in [0.2, 0.25) is 0 Å². The summed E-state index contributed by atoms with van der Waals surface area (Å²) in [5.74, 6) is -0.109.